The zero-order valence-electron chi connectivity index (χ0n) is 11.8. The van der Waals surface area contributed by atoms with Gasteiger partial charge >= 0.3 is 0 Å². The molecule has 3 rings (SSSR count). The standard InChI is InChI=1S/C16H21N3O/c1-11-2-3-12(9-17)10-19(11)16(20)14-4-5-15-13(8-14)6-7-18-15/h4-8,11-12,18H,2-3,9-10,17H2,1H3. The van der Waals surface area contributed by atoms with Gasteiger partial charge in [-0.1, -0.05) is 0 Å². The number of likely N-dealkylation sites (tertiary alicyclic amines) is 1. The smallest absolute Gasteiger partial charge is 0.254 e. The first-order valence-electron chi connectivity index (χ1n) is 7.27. The average molecular weight is 271 g/mol. The number of hydrogen-bond donors (Lipinski definition) is 2. The lowest BCUT2D eigenvalue weighted by molar-refractivity contribution is 0.0567. The first kappa shape index (κ1) is 13.2. The predicted molar refractivity (Wildman–Crippen MR) is 80.6 cm³/mol. The zero-order valence-corrected chi connectivity index (χ0v) is 11.8. The maximum absolute atomic E-state index is 12.7. The molecule has 1 amide bonds. The van der Waals surface area contributed by atoms with Crippen LogP contribution in [0.15, 0.2) is 30.5 Å². The van der Waals surface area contributed by atoms with E-state index in [9.17, 15) is 4.79 Å². The molecular formula is C16H21N3O. The Balaban J connectivity index is 1.86. The summed E-state index contributed by atoms with van der Waals surface area (Å²) in [6, 6.07) is 8.13. The van der Waals surface area contributed by atoms with Crippen molar-refractivity contribution >= 4 is 16.8 Å². The van der Waals surface area contributed by atoms with Crippen LogP contribution in [0.1, 0.15) is 30.1 Å². The molecule has 2 atom stereocenters. The maximum atomic E-state index is 12.7. The van der Waals surface area contributed by atoms with Gasteiger partial charge < -0.3 is 15.6 Å². The molecule has 2 unspecified atom stereocenters. The minimum Gasteiger partial charge on any atom is -0.361 e. The Morgan fingerprint density at radius 2 is 2.25 bits per heavy atom. The lowest BCUT2D eigenvalue weighted by atomic mass is 9.93. The van der Waals surface area contributed by atoms with E-state index in [1.165, 1.54) is 0 Å². The number of rotatable bonds is 2. The summed E-state index contributed by atoms with van der Waals surface area (Å²) in [4.78, 5) is 17.8. The molecule has 0 bridgehead atoms. The van der Waals surface area contributed by atoms with Crippen LogP contribution in [-0.2, 0) is 0 Å². The van der Waals surface area contributed by atoms with Gasteiger partial charge in [-0.15, -0.1) is 0 Å². The van der Waals surface area contributed by atoms with Gasteiger partial charge in [0.25, 0.3) is 5.91 Å². The number of nitrogens with one attached hydrogen (secondary N) is 1. The lowest BCUT2D eigenvalue weighted by Gasteiger charge is -2.37. The van der Waals surface area contributed by atoms with Gasteiger partial charge in [-0.05, 0) is 56.5 Å². The van der Waals surface area contributed by atoms with Crippen LogP contribution in [0.2, 0.25) is 0 Å². The average Bonchev–Trinajstić information content (AvgIpc) is 2.94. The molecule has 1 aliphatic rings. The molecule has 3 N–H and O–H groups in total. The number of benzene rings is 1. The Morgan fingerprint density at radius 3 is 3.05 bits per heavy atom. The monoisotopic (exact) mass is 271 g/mol. The fourth-order valence-electron chi connectivity index (χ4n) is 3.01. The SMILES string of the molecule is CC1CCC(CN)CN1C(=O)c1ccc2[nH]ccc2c1. The van der Waals surface area contributed by atoms with Crippen LogP contribution in [0.5, 0.6) is 0 Å². The van der Waals surface area contributed by atoms with Crippen LogP contribution in [0, 0.1) is 5.92 Å². The third-order valence-electron chi connectivity index (χ3n) is 4.37. The molecule has 1 saturated heterocycles. The number of nitrogens with zero attached hydrogens (tertiary/aromatic N) is 1. The van der Waals surface area contributed by atoms with Gasteiger partial charge in [0.1, 0.15) is 0 Å². The summed E-state index contributed by atoms with van der Waals surface area (Å²) < 4.78 is 0. The van der Waals surface area contributed by atoms with Crippen LogP contribution in [0.4, 0.5) is 0 Å². The summed E-state index contributed by atoms with van der Waals surface area (Å²) in [6.45, 7) is 3.56. The third kappa shape index (κ3) is 2.31. The van der Waals surface area contributed by atoms with Crippen molar-refractivity contribution in [3.05, 3.63) is 36.0 Å². The van der Waals surface area contributed by atoms with Crippen molar-refractivity contribution in [2.45, 2.75) is 25.8 Å². The molecule has 1 aliphatic heterocycles. The molecule has 1 fully saturated rings. The molecule has 4 nitrogen and oxygen atoms in total. The number of amides is 1. The van der Waals surface area contributed by atoms with E-state index >= 15 is 0 Å². The highest BCUT2D eigenvalue weighted by Crippen LogP contribution is 2.24. The second kappa shape index (κ2) is 5.29. The molecule has 1 aromatic heterocycles. The van der Waals surface area contributed by atoms with E-state index in [1.807, 2.05) is 35.4 Å². The number of piperidine rings is 1. The summed E-state index contributed by atoms with van der Waals surface area (Å²) in [5, 5.41) is 1.08. The van der Waals surface area contributed by atoms with Gasteiger partial charge in [-0.2, -0.15) is 0 Å². The number of carbonyl (C=O) groups excluding carboxylic acids is 1. The Bertz CT molecular complexity index is 619. The number of fused-ring (bicyclic) bond motifs is 1. The van der Waals surface area contributed by atoms with Crippen LogP contribution in [-0.4, -0.2) is 34.9 Å². The minimum absolute atomic E-state index is 0.124. The summed E-state index contributed by atoms with van der Waals surface area (Å²) >= 11 is 0. The molecule has 20 heavy (non-hydrogen) atoms. The predicted octanol–water partition coefficient (Wildman–Crippen LogP) is 2.37. The Hall–Kier alpha value is -1.81. The molecule has 106 valence electrons. The van der Waals surface area contributed by atoms with E-state index in [-0.39, 0.29) is 5.91 Å². The van der Waals surface area contributed by atoms with E-state index < -0.39 is 0 Å². The number of nitrogens with two attached hydrogens (primary N) is 1. The number of hydrogen-bond acceptors (Lipinski definition) is 2. The second-order valence-corrected chi connectivity index (χ2v) is 5.77. The van der Waals surface area contributed by atoms with Gasteiger partial charge in [-0.3, -0.25) is 4.79 Å². The summed E-state index contributed by atoms with van der Waals surface area (Å²) in [5.41, 5.74) is 7.60. The van der Waals surface area contributed by atoms with Crippen LogP contribution in [0.25, 0.3) is 10.9 Å². The van der Waals surface area contributed by atoms with Gasteiger partial charge in [0, 0.05) is 35.2 Å². The van der Waals surface area contributed by atoms with E-state index in [2.05, 4.69) is 11.9 Å². The number of H-pyrrole nitrogens is 1. The summed E-state index contributed by atoms with van der Waals surface area (Å²) in [7, 11) is 0. The van der Waals surface area contributed by atoms with Crippen LogP contribution in [0.3, 0.4) is 0 Å². The molecule has 2 aromatic rings. The molecule has 0 saturated carbocycles. The van der Waals surface area contributed by atoms with Crippen molar-refractivity contribution in [1.29, 1.82) is 0 Å². The van der Waals surface area contributed by atoms with Crippen LogP contribution >= 0.6 is 0 Å². The molecule has 0 aliphatic carbocycles. The van der Waals surface area contributed by atoms with Gasteiger partial charge in [-0.25, -0.2) is 0 Å². The third-order valence-corrected chi connectivity index (χ3v) is 4.37. The molecular weight excluding hydrogens is 250 g/mol. The Morgan fingerprint density at radius 1 is 1.40 bits per heavy atom. The fraction of sp³-hybridized carbons (Fsp3) is 0.438. The normalized spacial score (nSPS) is 23.2. The topological polar surface area (TPSA) is 62.1 Å². The number of carbonyl (C=O) groups is 1. The minimum atomic E-state index is 0.124. The summed E-state index contributed by atoms with van der Waals surface area (Å²) in [5.74, 6) is 0.560. The lowest BCUT2D eigenvalue weighted by Crippen LogP contribution is -2.47. The molecule has 1 aromatic carbocycles. The number of aromatic amines is 1. The number of aromatic nitrogens is 1. The highest BCUT2D eigenvalue weighted by Gasteiger charge is 2.28. The summed E-state index contributed by atoms with van der Waals surface area (Å²) in [6.07, 6.45) is 4.06. The Labute approximate surface area is 118 Å². The van der Waals surface area contributed by atoms with E-state index in [0.717, 1.165) is 35.9 Å². The van der Waals surface area contributed by atoms with Gasteiger partial charge in [0.05, 0.1) is 0 Å². The molecule has 0 spiro atoms. The first-order chi connectivity index (χ1) is 9.69. The Kier molecular flexibility index (Phi) is 3.49. The highest BCUT2D eigenvalue weighted by atomic mass is 16.2. The van der Waals surface area contributed by atoms with Crippen molar-refractivity contribution in [3.63, 3.8) is 0 Å². The zero-order chi connectivity index (χ0) is 14.1. The largest absolute Gasteiger partial charge is 0.361 e. The van der Waals surface area contributed by atoms with Gasteiger partial charge in [0.15, 0.2) is 0 Å². The molecule has 4 heteroatoms. The van der Waals surface area contributed by atoms with Crippen molar-refractivity contribution < 1.29 is 4.79 Å². The second-order valence-electron chi connectivity index (χ2n) is 5.77. The fourth-order valence-corrected chi connectivity index (χ4v) is 3.01. The van der Waals surface area contributed by atoms with E-state index in [1.54, 1.807) is 0 Å². The molecule has 2 heterocycles. The van der Waals surface area contributed by atoms with Crippen LogP contribution < -0.4 is 5.73 Å². The van der Waals surface area contributed by atoms with E-state index in [4.69, 9.17) is 5.73 Å². The van der Waals surface area contributed by atoms with Crippen molar-refractivity contribution in [3.8, 4) is 0 Å². The van der Waals surface area contributed by atoms with Gasteiger partial charge in [0.2, 0.25) is 0 Å². The van der Waals surface area contributed by atoms with Crippen molar-refractivity contribution in [2.24, 2.45) is 11.7 Å². The van der Waals surface area contributed by atoms with Crippen molar-refractivity contribution in [1.82, 2.24) is 9.88 Å². The van der Waals surface area contributed by atoms with E-state index in [0.29, 0.717) is 18.5 Å². The quantitative estimate of drug-likeness (QED) is 0.881. The maximum Gasteiger partial charge on any atom is 0.254 e. The van der Waals surface area contributed by atoms with Crippen molar-refractivity contribution in [2.75, 3.05) is 13.1 Å². The first-order valence-corrected chi connectivity index (χ1v) is 7.27. The molecule has 0 radical (unpaired) electrons. The highest BCUT2D eigenvalue weighted by molar-refractivity contribution is 5.98.